The lowest BCUT2D eigenvalue weighted by Crippen LogP contribution is -2.58. The van der Waals surface area contributed by atoms with E-state index in [1.54, 1.807) is 42.4 Å². The van der Waals surface area contributed by atoms with E-state index in [0.29, 0.717) is 24.3 Å². The average Bonchev–Trinajstić information content (AvgIpc) is 3.45. The number of amides is 2. The Labute approximate surface area is 203 Å². The molecule has 3 fully saturated rings. The number of aliphatic hydroxyl groups excluding tert-OH is 1. The molecule has 2 unspecified atom stereocenters. The van der Waals surface area contributed by atoms with Crippen LogP contribution in [0.15, 0.2) is 36.9 Å². The molecule has 1 aromatic rings. The predicted octanol–water partition coefficient (Wildman–Crippen LogP) is 2.41. The van der Waals surface area contributed by atoms with Gasteiger partial charge in [0.15, 0.2) is 0 Å². The number of carbonyl (C=O) groups is 3. The summed E-state index contributed by atoms with van der Waals surface area (Å²) in [6.07, 6.45) is 2.87. The van der Waals surface area contributed by atoms with Crippen LogP contribution in [-0.2, 0) is 14.4 Å². The molecule has 0 saturated carbocycles. The van der Waals surface area contributed by atoms with Crippen molar-refractivity contribution in [3.63, 3.8) is 0 Å². The van der Waals surface area contributed by atoms with Gasteiger partial charge in [0.05, 0.1) is 36.3 Å². The van der Waals surface area contributed by atoms with Gasteiger partial charge in [-0.2, -0.15) is 0 Å². The monoisotopic (exact) mass is 488 g/mol. The molecule has 0 aliphatic carbocycles. The standard InChI is InChI=1S/C25H32N2O6S/c1-5-12-26(15-6-8-16(33-4)9-7-15)23(30)21-25-11-10-18(34-25)19(24(31)32)20(25)22(29)27(21)17(13-28)14(2)3/h5-9,14,17-21,28H,1,10-13H2,2-4H3,(H,31,32)/t17-,18-,19+,20-,21?,25?/m0/s1. The molecular weight excluding hydrogens is 456 g/mol. The van der Waals surface area contributed by atoms with Crippen LogP contribution in [0.4, 0.5) is 5.69 Å². The van der Waals surface area contributed by atoms with E-state index in [-0.39, 0.29) is 36.1 Å². The Hall–Kier alpha value is -2.52. The van der Waals surface area contributed by atoms with Gasteiger partial charge in [0.2, 0.25) is 5.91 Å². The second-order valence-corrected chi connectivity index (χ2v) is 11.2. The van der Waals surface area contributed by atoms with Gasteiger partial charge in [-0.1, -0.05) is 19.9 Å². The fourth-order valence-corrected chi connectivity index (χ4v) is 8.18. The highest BCUT2D eigenvalue weighted by Crippen LogP contribution is 2.66. The number of rotatable bonds is 9. The predicted molar refractivity (Wildman–Crippen MR) is 130 cm³/mol. The molecule has 184 valence electrons. The summed E-state index contributed by atoms with van der Waals surface area (Å²) in [6, 6.07) is 5.63. The number of aliphatic carboxylic acids is 1. The Morgan fingerprint density at radius 1 is 1.35 bits per heavy atom. The number of carboxylic acid groups (broad SMARTS) is 1. The van der Waals surface area contributed by atoms with Crippen molar-refractivity contribution in [1.82, 2.24) is 4.90 Å². The molecule has 34 heavy (non-hydrogen) atoms. The molecule has 1 aromatic carbocycles. The van der Waals surface area contributed by atoms with Crippen molar-refractivity contribution in [2.45, 2.75) is 48.8 Å². The van der Waals surface area contributed by atoms with Crippen LogP contribution in [0.25, 0.3) is 0 Å². The fourth-order valence-electron chi connectivity index (χ4n) is 5.99. The number of hydrogen-bond acceptors (Lipinski definition) is 6. The zero-order valence-electron chi connectivity index (χ0n) is 19.7. The van der Waals surface area contributed by atoms with Gasteiger partial charge in [0.1, 0.15) is 11.8 Å². The first-order valence-electron chi connectivity index (χ1n) is 11.6. The number of anilines is 1. The molecule has 0 aromatic heterocycles. The number of ether oxygens (including phenoxy) is 1. The highest BCUT2D eigenvalue weighted by molar-refractivity contribution is 8.02. The van der Waals surface area contributed by atoms with Gasteiger partial charge in [-0.05, 0) is 43.0 Å². The number of thioether (sulfide) groups is 1. The summed E-state index contributed by atoms with van der Waals surface area (Å²) >= 11 is 1.49. The lowest BCUT2D eigenvalue weighted by molar-refractivity contribution is -0.149. The SMILES string of the molecule is C=CCN(C(=O)C1N([C@@H](CO)C(C)C)C(=O)[C@@H]2[C@H](C(=O)O)[C@@H]3CCC12S3)c1ccc(OC)cc1. The van der Waals surface area contributed by atoms with Gasteiger partial charge in [-0.25, -0.2) is 0 Å². The van der Waals surface area contributed by atoms with E-state index in [1.165, 1.54) is 16.7 Å². The van der Waals surface area contributed by atoms with E-state index >= 15 is 0 Å². The first kappa shape index (κ1) is 24.6. The van der Waals surface area contributed by atoms with Crippen molar-refractivity contribution in [2.24, 2.45) is 17.8 Å². The normalized spacial score (nSPS) is 30.4. The smallest absolute Gasteiger partial charge is 0.308 e. The van der Waals surface area contributed by atoms with Gasteiger partial charge < -0.3 is 24.7 Å². The van der Waals surface area contributed by atoms with Crippen molar-refractivity contribution >= 4 is 35.2 Å². The molecular formula is C25H32N2O6S. The number of nitrogens with zero attached hydrogens (tertiary/aromatic N) is 2. The van der Waals surface area contributed by atoms with Crippen LogP contribution in [-0.4, -0.2) is 75.2 Å². The molecule has 3 aliphatic heterocycles. The molecule has 2 bridgehead atoms. The summed E-state index contributed by atoms with van der Waals surface area (Å²) in [4.78, 5) is 43.4. The van der Waals surface area contributed by atoms with Crippen LogP contribution in [0, 0.1) is 17.8 Å². The van der Waals surface area contributed by atoms with Gasteiger partial charge in [-0.3, -0.25) is 14.4 Å². The van der Waals surface area contributed by atoms with Crippen molar-refractivity contribution in [3.05, 3.63) is 36.9 Å². The van der Waals surface area contributed by atoms with E-state index in [2.05, 4.69) is 6.58 Å². The number of fused-ring (bicyclic) bond motifs is 1. The number of benzene rings is 1. The van der Waals surface area contributed by atoms with Crippen molar-refractivity contribution in [2.75, 3.05) is 25.2 Å². The second-order valence-electron chi connectivity index (χ2n) is 9.57. The van der Waals surface area contributed by atoms with Gasteiger partial charge in [0, 0.05) is 17.5 Å². The van der Waals surface area contributed by atoms with Gasteiger partial charge >= 0.3 is 5.97 Å². The third-order valence-electron chi connectivity index (χ3n) is 7.53. The van der Waals surface area contributed by atoms with Crippen LogP contribution in [0.2, 0.25) is 0 Å². The van der Waals surface area contributed by atoms with Gasteiger partial charge in [0.25, 0.3) is 5.91 Å². The minimum Gasteiger partial charge on any atom is -0.497 e. The van der Waals surface area contributed by atoms with Crippen molar-refractivity contribution in [1.29, 1.82) is 0 Å². The first-order valence-corrected chi connectivity index (χ1v) is 12.5. The minimum absolute atomic E-state index is 0.112. The Morgan fingerprint density at radius 3 is 2.56 bits per heavy atom. The minimum atomic E-state index is -0.992. The molecule has 1 spiro atoms. The molecule has 8 nitrogen and oxygen atoms in total. The Kier molecular flexibility index (Phi) is 6.70. The first-order chi connectivity index (χ1) is 16.2. The lowest BCUT2D eigenvalue weighted by atomic mass is 9.71. The molecule has 2 amide bonds. The van der Waals surface area contributed by atoms with E-state index < -0.39 is 34.6 Å². The third kappa shape index (κ3) is 3.60. The summed E-state index contributed by atoms with van der Waals surface area (Å²) in [6.45, 7) is 7.53. The molecule has 3 aliphatic rings. The molecule has 4 rings (SSSR count). The zero-order valence-corrected chi connectivity index (χ0v) is 20.5. The number of methoxy groups -OCH3 is 1. The van der Waals surface area contributed by atoms with Crippen LogP contribution < -0.4 is 9.64 Å². The summed E-state index contributed by atoms with van der Waals surface area (Å²) in [7, 11) is 1.57. The molecule has 2 N–H and O–H groups in total. The number of carbonyl (C=O) groups excluding carboxylic acids is 2. The van der Waals surface area contributed by atoms with Crippen LogP contribution in [0.5, 0.6) is 5.75 Å². The quantitative estimate of drug-likeness (QED) is 0.514. The molecule has 6 atom stereocenters. The number of aliphatic hydroxyl groups is 1. The van der Waals surface area contributed by atoms with Crippen molar-refractivity contribution < 1.29 is 29.3 Å². The zero-order chi connectivity index (χ0) is 24.8. The number of likely N-dealkylation sites (tertiary alicyclic amines) is 1. The van der Waals surface area contributed by atoms with E-state index in [0.717, 1.165) is 0 Å². The van der Waals surface area contributed by atoms with E-state index in [9.17, 15) is 24.6 Å². The Balaban J connectivity index is 1.82. The summed E-state index contributed by atoms with van der Waals surface area (Å²) < 4.78 is 4.42. The Morgan fingerprint density at radius 2 is 2.03 bits per heavy atom. The van der Waals surface area contributed by atoms with Crippen LogP contribution in [0.3, 0.4) is 0 Å². The topological polar surface area (TPSA) is 107 Å². The summed E-state index contributed by atoms with van der Waals surface area (Å²) in [5.74, 6) is -2.67. The van der Waals surface area contributed by atoms with E-state index in [1.807, 2.05) is 13.8 Å². The van der Waals surface area contributed by atoms with Crippen LogP contribution >= 0.6 is 11.8 Å². The number of hydrogen-bond donors (Lipinski definition) is 2. The van der Waals surface area contributed by atoms with E-state index in [4.69, 9.17) is 4.74 Å². The third-order valence-corrected chi connectivity index (χ3v) is 9.48. The van der Waals surface area contributed by atoms with Crippen LogP contribution in [0.1, 0.15) is 26.7 Å². The second kappa shape index (κ2) is 9.26. The molecule has 0 radical (unpaired) electrons. The maximum atomic E-state index is 14.3. The number of carboxylic acids is 1. The van der Waals surface area contributed by atoms with Gasteiger partial charge in [-0.15, -0.1) is 18.3 Å². The lowest BCUT2D eigenvalue weighted by Gasteiger charge is -2.40. The molecule has 3 saturated heterocycles. The maximum absolute atomic E-state index is 14.3. The molecule has 9 heteroatoms. The summed E-state index contributed by atoms with van der Waals surface area (Å²) in [5.41, 5.74) is 0.635. The largest absolute Gasteiger partial charge is 0.497 e. The summed E-state index contributed by atoms with van der Waals surface area (Å²) in [5, 5.41) is 20.0. The molecule has 3 heterocycles. The fraction of sp³-hybridized carbons (Fsp3) is 0.560. The average molecular weight is 489 g/mol. The Bertz CT molecular complexity index is 982. The highest BCUT2D eigenvalue weighted by Gasteiger charge is 2.74. The highest BCUT2D eigenvalue weighted by atomic mass is 32.2. The maximum Gasteiger partial charge on any atom is 0.308 e. The van der Waals surface area contributed by atoms with Crippen molar-refractivity contribution in [3.8, 4) is 5.75 Å².